The minimum Gasteiger partial charge on any atom is -0.278 e. The largest absolute Gasteiger partial charge is 0.281 e. The summed E-state index contributed by atoms with van der Waals surface area (Å²) in [7, 11) is -3.78. The van der Waals surface area contributed by atoms with Gasteiger partial charge in [0, 0.05) is 0 Å². The van der Waals surface area contributed by atoms with E-state index in [1.54, 1.807) is 13.0 Å². The average molecular weight is 350 g/mol. The van der Waals surface area contributed by atoms with Gasteiger partial charge in [-0.1, -0.05) is 43.4 Å². The Morgan fingerprint density at radius 2 is 1.91 bits per heavy atom. The second-order valence-electron chi connectivity index (χ2n) is 5.67. The first-order valence-electron chi connectivity index (χ1n) is 7.24. The first kappa shape index (κ1) is 15.9. The van der Waals surface area contributed by atoms with Crippen LogP contribution in [0.2, 0.25) is 0 Å². The summed E-state index contributed by atoms with van der Waals surface area (Å²) in [6, 6.07) is 7.41. The van der Waals surface area contributed by atoms with Crippen molar-refractivity contribution in [1.29, 1.82) is 0 Å². The second kappa shape index (κ2) is 5.61. The van der Waals surface area contributed by atoms with Crippen molar-refractivity contribution in [3.8, 4) is 0 Å². The number of aryl methyl sites for hydroxylation is 2. The molecule has 0 atom stereocenters. The van der Waals surface area contributed by atoms with Gasteiger partial charge in [-0.25, -0.2) is 4.98 Å². The van der Waals surface area contributed by atoms with Gasteiger partial charge in [0.15, 0.2) is 0 Å². The molecule has 23 heavy (non-hydrogen) atoms. The molecule has 2 aromatic heterocycles. The molecule has 0 spiro atoms. The smallest absolute Gasteiger partial charge is 0.278 e. The number of nitrogens with zero attached hydrogens (tertiary/aromatic N) is 3. The summed E-state index contributed by atoms with van der Waals surface area (Å²) in [5.74, 6) is 0.210. The lowest BCUT2D eigenvalue weighted by Crippen LogP contribution is -2.17. The normalized spacial score (nSPS) is 12.2. The van der Waals surface area contributed by atoms with Gasteiger partial charge in [0.05, 0.1) is 11.4 Å². The van der Waals surface area contributed by atoms with Crippen LogP contribution in [0.3, 0.4) is 0 Å². The fraction of sp³-hybridized carbons (Fsp3) is 0.333. The maximum Gasteiger partial charge on any atom is 0.281 e. The molecular weight excluding hydrogens is 332 g/mol. The van der Waals surface area contributed by atoms with E-state index in [4.69, 9.17) is 0 Å². The summed E-state index contributed by atoms with van der Waals surface area (Å²) in [5.41, 5.74) is 1.98. The van der Waals surface area contributed by atoms with Gasteiger partial charge in [0.1, 0.15) is 5.01 Å². The van der Waals surface area contributed by atoms with Crippen molar-refractivity contribution in [1.82, 2.24) is 14.6 Å². The zero-order valence-electron chi connectivity index (χ0n) is 13.4. The van der Waals surface area contributed by atoms with E-state index in [0.717, 1.165) is 10.6 Å². The van der Waals surface area contributed by atoms with Crippen LogP contribution in [0.1, 0.15) is 36.0 Å². The first-order valence-corrected chi connectivity index (χ1v) is 9.54. The summed E-state index contributed by atoms with van der Waals surface area (Å²) >= 11 is 1.37. The van der Waals surface area contributed by atoms with Crippen LogP contribution < -0.4 is 4.72 Å². The maximum absolute atomic E-state index is 12.9. The molecule has 1 N–H and O–H groups in total. The number of imidazole rings is 1. The molecule has 0 amide bonds. The molecule has 3 aromatic rings. The Labute approximate surface area is 139 Å². The number of nitrogens with one attached hydrogen (secondary N) is 1. The van der Waals surface area contributed by atoms with E-state index in [2.05, 4.69) is 14.8 Å². The molecule has 0 unspecified atom stereocenters. The van der Waals surface area contributed by atoms with E-state index < -0.39 is 10.0 Å². The number of anilines is 1. The topological polar surface area (TPSA) is 76.4 Å². The summed E-state index contributed by atoms with van der Waals surface area (Å²) in [4.78, 5) is 4.88. The minimum absolute atomic E-state index is 0.0930. The number of rotatable bonds is 4. The van der Waals surface area contributed by atoms with Crippen LogP contribution in [0.5, 0.6) is 0 Å². The number of sulfonamides is 1. The van der Waals surface area contributed by atoms with Gasteiger partial charge in [-0.15, -0.1) is 0 Å². The lowest BCUT2D eigenvalue weighted by molar-refractivity contribution is 0.592. The Morgan fingerprint density at radius 3 is 2.61 bits per heavy atom. The van der Waals surface area contributed by atoms with Gasteiger partial charge in [0.25, 0.3) is 10.0 Å². The summed E-state index contributed by atoms with van der Waals surface area (Å²) < 4.78 is 29.8. The zero-order valence-corrected chi connectivity index (χ0v) is 15.0. The number of fused-ring (bicyclic) bond motifs is 1. The van der Waals surface area contributed by atoms with Gasteiger partial charge in [-0.3, -0.25) is 4.72 Å². The lowest BCUT2D eigenvalue weighted by atomic mass is 10.0. The number of benzene rings is 1. The molecule has 122 valence electrons. The van der Waals surface area contributed by atoms with E-state index in [1.807, 2.05) is 39.0 Å². The molecule has 1 aromatic carbocycles. The van der Waals surface area contributed by atoms with Crippen LogP contribution in [-0.4, -0.2) is 23.0 Å². The van der Waals surface area contributed by atoms with Gasteiger partial charge >= 0.3 is 0 Å². The Kier molecular flexibility index (Phi) is 3.89. The molecule has 8 heteroatoms. The Bertz CT molecular complexity index is 971. The Hall–Kier alpha value is -1.93. The zero-order chi connectivity index (χ0) is 16.8. The van der Waals surface area contributed by atoms with Crippen LogP contribution in [0, 0.1) is 13.8 Å². The molecular formula is C15H18N4O2S2. The summed E-state index contributed by atoms with van der Waals surface area (Å²) in [6.07, 6.45) is 0. The monoisotopic (exact) mass is 350 g/mol. The molecule has 0 aliphatic carbocycles. The van der Waals surface area contributed by atoms with Crippen LogP contribution in [0.25, 0.3) is 4.96 Å². The lowest BCUT2D eigenvalue weighted by Gasteiger charge is -2.14. The molecule has 0 saturated carbocycles. The van der Waals surface area contributed by atoms with Crippen molar-refractivity contribution < 1.29 is 8.42 Å². The molecule has 3 rings (SSSR count). The fourth-order valence-electron chi connectivity index (χ4n) is 2.52. The molecule has 0 saturated heterocycles. The van der Waals surface area contributed by atoms with Crippen LogP contribution in [0.4, 0.5) is 5.69 Å². The van der Waals surface area contributed by atoms with E-state index in [-0.39, 0.29) is 10.9 Å². The SMILES string of the molecule is Cc1nn2c(S(=O)(=O)Nc3ccccc3C(C)C)c(C)nc2s1. The predicted octanol–water partition coefficient (Wildman–Crippen LogP) is 3.33. The van der Waals surface area contributed by atoms with E-state index >= 15 is 0 Å². The number of hydrogen-bond acceptors (Lipinski definition) is 5. The van der Waals surface area contributed by atoms with E-state index in [0.29, 0.717) is 16.3 Å². The molecule has 0 aliphatic rings. The van der Waals surface area contributed by atoms with Crippen LogP contribution in [0.15, 0.2) is 29.3 Å². The molecule has 0 radical (unpaired) electrons. The van der Waals surface area contributed by atoms with Gasteiger partial charge in [0.2, 0.25) is 9.99 Å². The van der Waals surface area contributed by atoms with Crippen molar-refractivity contribution in [2.24, 2.45) is 0 Å². The highest BCUT2D eigenvalue weighted by Gasteiger charge is 2.26. The van der Waals surface area contributed by atoms with Crippen molar-refractivity contribution in [3.63, 3.8) is 0 Å². The van der Waals surface area contributed by atoms with Gasteiger partial charge in [-0.05, 0) is 31.4 Å². The first-order chi connectivity index (χ1) is 10.8. The van der Waals surface area contributed by atoms with Gasteiger partial charge in [-0.2, -0.15) is 18.0 Å². The molecule has 0 aliphatic heterocycles. The third kappa shape index (κ3) is 2.84. The molecule has 0 bridgehead atoms. The molecule has 0 fully saturated rings. The third-order valence-electron chi connectivity index (χ3n) is 3.51. The summed E-state index contributed by atoms with van der Waals surface area (Å²) in [5, 5.41) is 5.12. The predicted molar refractivity (Wildman–Crippen MR) is 91.7 cm³/mol. The highest BCUT2D eigenvalue weighted by Crippen LogP contribution is 2.28. The summed E-state index contributed by atoms with van der Waals surface area (Å²) in [6.45, 7) is 7.56. The van der Waals surface area contributed by atoms with E-state index in [9.17, 15) is 8.42 Å². The second-order valence-corrected chi connectivity index (χ2v) is 8.42. The highest BCUT2D eigenvalue weighted by molar-refractivity contribution is 7.92. The quantitative estimate of drug-likeness (QED) is 0.783. The van der Waals surface area contributed by atoms with Gasteiger partial charge < -0.3 is 0 Å². The van der Waals surface area contributed by atoms with Crippen molar-refractivity contribution >= 4 is 32.0 Å². The standard InChI is InChI=1S/C15H18N4O2S2/c1-9(2)12-7-5-6-8-13(12)18-23(20,21)14-10(3)16-15-19(14)17-11(4)22-15/h5-9,18H,1-4H3. The van der Waals surface area contributed by atoms with Crippen LogP contribution >= 0.6 is 11.3 Å². The Morgan fingerprint density at radius 1 is 1.22 bits per heavy atom. The van der Waals surface area contributed by atoms with Crippen molar-refractivity contribution in [2.75, 3.05) is 4.72 Å². The Balaban J connectivity index is 2.10. The molecule has 6 nitrogen and oxygen atoms in total. The number of para-hydroxylation sites is 1. The number of aromatic nitrogens is 3. The van der Waals surface area contributed by atoms with E-state index in [1.165, 1.54) is 15.9 Å². The molecule has 2 heterocycles. The fourth-order valence-corrected chi connectivity index (χ4v) is 4.73. The average Bonchev–Trinajstić information content (AvgIpc) is 2.92. The van der Waals surface area contributed by atoms with Crippen LogP contribution in [-0.2, 0) is 10.0 Å². The third-order valence-corrected chi connectivity index (χ3v) is 5.80. The number of hydrogen-bond donors (Lipinski definition) is 1. The van der Waals surface area contributed by atoms with Crippen molar-refractivity contribution in [3.05, 3.63) is 40.5 Å². The van der Waals surface area contributed by atoms with Crippen molar-refractivity contribution in [2.45, 2.75) is 38.6 Å². The highest BCUT2D eigenvalue weighted by atomic mass is 32.2. The maximum atomic E-state index is 12.9. The minimum atomic E-state index is -3.78.